The Morgan fingerprint density at radius 3 is 2.62 bits per heavy atom. The van der Waals surface area contributed by atoms with Crippen molar-refractivity contribution in [3.8, 4) is 27.8 Å². The number of benzene rings is 2. The molecule has 1 aromatic heterocycles. The average Bonchev–Trinajstić information content (AvgIpc) is 3.15. The van der Waals surface area contributed by atoms with Crippen LogP contribution >= 0.6 is 11.3 Å². The van der Waals surface area contributed by atoms with E-state index in [0.717, 1.165) is 16.3 Å². The summed E-state index contributed by atoms with van der Waals surface area (Å²) in [4.78, 5) is 15.2. The Morgan fingerprint density at radius 1 is 1.12 bits per heavy atom. The normalized spacial score (nSPS) is 10.4. The first-order valence-electron chi connectivity index (χ1n) is 7.64. The zero-order valence-corrected chi connectivity index (χ0v) is 15.0. The lowest BCUT2D eigenvalue weighted by atomic mass is 10.2. The fraction of sp³-hybridized carbons (Fsp3) is 0.167. The van der Waals surface area contributed by atoms with Crippen LogP contribution in [0.1, 0.15) is 5.69 Å². The summed E-state index contributed by atoms with van der Waals surface area (Å²) < 4.78 is 15.8. The Morgan fingerprint density at radius 2 is 1.88 bits per heavy atom. The van der Waals surface area contributed by atoms with Gasteiger partial charge >= 0.3 is 5.69 Å². The van der Waals surface area contributed by atoms with Crippen LogP contribution in [0, 0.1) is 10.1 Å². The number of aromatic nitrogens is 1. The fourth-order valence-electron chi connectivity index (χ4n) is 2.30. The average molecular weight is 372 g/mol. The fourth-order valence-corrected chi connectivity index (χ4v) is 3.10. The third-order valence-electron chi connectivity index (χ3n) is 3.61. The molecule has 2 aromatic carbocycles. The zero-order chi connectivity index (χ0) is 18.5. The van der Waals surface area contributed by atoms with Gasteiger partial charge in [0.25, 0.3) is 0 Å². The van der Waals surface area contributed by atoms with Crippen molar-refractivity contribution in [2.75, 3.05) is 14.2 Å². The molecule has 0 spiro atoms. The van der Waals surface area contributed by atoms with E-state index in [2.05, 4.69) is 4.98 Å². The van der Waals surface area contributed by atoms with E-state index in [4.69, 9.17) is 14.2 Å². The number of rotatable bonds is 7. The first-order valence-corrected chi connectivity index (χ1v) is 8.52. The first-order chi connectivity index (χ1) is 12.6. The van der Waals surface area contributed by atoms with E-state index in [9.17, 15) is 10.1 Å². The predicted molar refractivity (Wildman–Crippen MR) is 98.1 cm³/mol. The summed E-state index contributed by atoms with van der Waals surface area (Å²) in [7, 11) is 3.07. The molecule has 0 amide bonds. The van der Waals surface area contributed by atoms with Crippen molar-refractivity contribution >= 4 is 17.0 Å². The molecule has 26 heavy (non-hydrogen) atoms. The van der Waals surface area contributed by atoms with Gasteiger partial charge < -0.3 is 14.2 Å². The number of ether oxygens (including phenoxy) is 3. The second-order valence-corrected chi connectivity index (χ2v) is 6.11. The van der Waals surface area contributed by atoms with Crippen LogP contribution in [0.25, 0.3) is 10.6 Å². The van der Waals surface area contributed by atoms with Crippen molar-refractivity contribution in [1.82, 2.24) is 4.98 Å². The highest BCUT2D eigenvalue weighted by atomic mass is 32.1. The Bertz CT molecular complexity index is 925. The van der Waals surface area contributed by atoms with Crippen LogP contribution in [0.4, 0.5) is 5.69 Å². The minimum absolute atomic E-state index is 0.133. The molecule has 0 atom stereocenters. The molecule has 0 saturated heterocycles. The van der Waals surface area contributed by atoms with E-state index in [-0.39, 0.29) is 18.0 Å². The summed E-state index contributed by atoms with van der Waals surface area (Å²) in [6.07, 6.45) is 0. The summed E-state index contributed by atoms with van der Waals surface area (Å²) in [6.45, 7) is 0.133. The molecule has 7 nitrogen and oxygen atoms in total. The maximum atomic E-state index is 11.2. The van der Waals surface area contributed by atoms with Crippen molar-refractivity contribution < 1.29 is 19.1 Å². The quantitative estimate of drug-likeness (QED) is 0.454. The van der Waals surface area contributed by atoms with Crippen LogP contribution in [-0.2, 0) is 6.61 Å². The van der Waals surface area contributed by atoms with Gasteiger partial charge in [0, 0.05) is 10.9 Å². The van der Waals surface area contributed by atoms with Crippen LogP contribution < -0.4 is 14.2 Å². The molecule has 0 fully saturated rings. The van der Waals surface area contributed by atoms with Crippen LogP contribution in [0.15, 0.2) is 47.8 Å². The molecule has 0 aliphatic carbocycles. The molecule has 0 radical (unpaired) electrons. The number of nitro groups is 1. The Labute approximate surface area is 153 Å². The van der Waals surface area contributed by atoms with Crippen LogP contribution in [0.5, 0.6) is 17.2 Å². The van der Waals surface area contributed by atoms with Gasteiger partial charge in [-0.05, 0) is 24.3 Å². The molecule has 0 N–H and O–H groups in total. The van der Waals surface area contributed by atoms with Gasteiger partial charge in [0.2, 0.25) is 0 Å². The zero-order valence-electron chi connectivity index (χ0n) is 14.2. The van der Waals surface area contributed by atoms with E-state index in [1.54, 1.807) is 13.2 Å². The highest BCUT2D eigenvalue weighted by Crippen LogP contribution is 2.32. The first kappa shape index (κ1) is 17.7. The maximum Gasteiger partial charge on any atom is 0.314 e. The lowest BCUT2D eigenvalue weighted by molar-refractivity contribution is -0.386. The number of hydrogen-bond acceptors (Lipinski definition) is 7. The van der Waals surface area contributed by atoms with Crippen LogP contribution in [0.3, 0.4) is 0 Å². The minimum Gasteiger partial charge on any atom is -0.497 e. The third-order valence-corrected chi connectivity index (χ3v) is 4.55. The van der Waals surface area contributed by atoms with Crippen molar-refractivity contribution in [2.24, 2.45) is 0 Å². The number of nitrogens with zero attached hydrogens (tertiary/aromatic N) is 2. The lowest BCUT2D eigenvalue weighted by Crippen LogP contribution is -2.00. The SMILES string of the molecule is COc1cccc(-c2nc(COc3ccc(OC)cc3[N+](=O)[O-])cs2)c1. The molecule has 0 unspecified atom stereocenters. The topological polar surface area (TPSA) is 83.7 Å². The van der Waals surface area contributed by atoms with Crippen LogP contribution in [-0.4, -0.2) is 24.1 Å². The van der Waals surface area contributed by atoms with Crippen molar-refractivity contribution in [3.05, 3.63) is 63.7 Å². The Kier molecular flexibility index (Phi) is 5.33. The highest BCUT2D eigenvalue weighted by Gasteiger charge is 2.17. The second-order valence-electron chi connectivity index (χ2n) is 5.26. The van der Waals surface area contributed by atoms with Crippen LogP contribution in [0.2, 0.25) is 0 Å². The standard InChI is InChI=1S/C18H16N2O5S/c1-23-14-5-3-4-12(8-14)18-19-13(11-26-18)10-25-17-7-6-15(24-2)9-16(17)20(21)22/h3-9,11H,10H2,1-2H3. The molecular weight excluding hydrogens is 356 g/mol. The van der Waals surface area contributed by atoms with E-state index >= 15 is 0 Å². The van der Waals surface area contributed by atoms with Gasteiger partial charge in [0.1, 0.15) is 23.1 Å². The number of hydrogen-bond donors (Lipinski definition) is 0. The van der Waals surface area contributed by atoms with Crippen molar-refractivity contribution in [2.45, 2.75) is 6.61 Å². The molecular formula is C18H16N2O5S. The molecule has 0 bridgehead atoms. The number of thiazole rings is 1. The minimum atomic E-state index is -0.499. The maximum absolute atomic E-state index is 11.2. The van der Waals surface area contributed by atoms with Gasteiger partial charge in [0.05, 0.1) is 30.9 Å². The van der Waals surface area contributed by atoms with E-state index in [1.807, 2.05) is 29.6 Å². The molecule has 0 saturated carbocycles. The summed E-state index contributed by atoms with van der Waals surface area (Å²) in [5.74, 6) is 1.33. The third kappa shape index (κ3) is 3.92. The molecule has 0 aliphatic heterocycles. The Balaban J connectivity index is 1.75. The molecule has 134 valence electrons. The molecule has 8 heteroatoms. The second kappa shape index (κ2) is 7.83. The van der Waals surface area contributed by atoms with Gasteiger partial charge in [-0.1, -0.05) is 12.1 Å². The van der Waals surface area contributed by atoms with Gasteiger partial charge in [-0.3, -0.25) is 10.1 Å². The predicted octanol–water partition coefficient (Wildman–Crippen LogP) is 4.31. The van der Waals surface area contributed by atoms with Gasteiger partial charge in [0.15, 0.2) is 5.75 Å². The molecule has 1 heterocycles. The summed E-state index contributed by atoms with van der Waals surface area (Å²) in [6, 6.07) is 12.1. The van der Waals surface area contributed by atoms with E-state index in [0.29, 0.717) is 11.4 Å². The molecule has 3 aromatic rings. The molecule has 0 aliphatic rings. The number of methoxy groups -OCH3 is 2. The highest BCUT2D eigenvalue weighted by molar-refractivity contribution is 7.13. The van der Waals surface area contributed by atoms with Crippen molar-refractivity contribution in [1.29, 1.82) is 0 Å². The van der Waals surface area contributed by atoms with Gasteiger partial charge in [-0.2, -0.15) is 0 Å². The summed E-state index contributed by atoms with van der Waals surface area (Å²) in [5.41, 5.74) is 1.49. The number of nitro benzene ring substituents is 1. The monoisotopic (exact) mass is 372 g/mol. The van der Waals surface area contributed by atoms with Gasteiger partial charge in [-0.25, -0.2) is 4.98 Å². The summed E-state index contributed by atoms with van der Waals surface area (Å²) >= 11 is 1.47. The van der Waals surface area contributed by atoms with Gasteiger partial charge in [-0.15, -0.1) is 11.3 Å². The summed E-state index contributed by atoms with van der Waals surface area (Å²) in [5, 5.41) is 13.9. The Hall–Kier alpha value is -3.13. The molecule has 3 rings (SSSR count). The lowest BCUT2D eigenvalue weighted by Gasteiger charge is -2.06. The smallest absolute Gasteiger partial charge is 0.314 e. The van der Waals surface area contributed by atoms with E-state index < -0.39 is 4.92 Å². The van der Waals surface area contributed by atoms with Crippen molar-refractivity contribution in [3.63, 3.8) is 0 Å². The largest absolute Gasteiger partial charge is 0.497 e. The van der Waals surface area contributed by atoms with E-state index in [1.165, 1.54) is 30.6 Å².